The number of nitrogens with zero attached hydrogens (tertiary/aromatic N) is 4. The van der Waals surface area contributed by atoms with Crippen molar-refractivity contribution in [3.8, 4) is 0 Å². The van der Waals surface area contributed by atoms with Crippen molar-refractivity contribution in [3.05, 3.63) is 40.0 Å². The Labute approximate surface area is 140 Å². The third-order valence-corrected chi connectivity index (χ3v) is 5.24. The molecule has 3 heterocycles. The molecular formula is C16H21N5OS. The van der Waals surface area contributed by atoms with Gasteiger partial charge in [-0.1, -0.05) is 6.92 Å². The van der Waals surface area contributed by atoms with Crippen molar-refractivity contribution in [1.29, 1.82) is 0 Å². The molecule has 0 aromatic carbocycles. The lowest BCUT2D eigenvalue weighted by atomic mass is 10.2. The van der Waals surface area contributed by atoms with Crippen molar-refractivity contribution >= 4 is 23.1 Å². The first kappa shape index (κ1) is 15.9. The topological polar surface area (TPSA) is 75.3 Å². The number of anilines is 1. The summed E-state index contributed by atoms with van der Waals surface area (Å²) in [5, 5.41) is 0. The van der Waals surface area contributed by atoms with E-state index in [1.54, 1.807) is 6.20 Å². The van der Waals surface area contributed by atoms with Gasteiger partial charge in [0.1, 0.15) is 0 Å². The minimum atomic E-state index is -0.527. The fourth-order valence-corrected chi connectivity index (χ4v) is 3.77. The highest BCUT2D eigenvalue weighted by Crippen LogP contribution is 2.21. The van der Waals surface area contributed by atoms with E-state index in [0.29, 0.717) is 5.82 Å². The van der Waals surface area contributed by atoms with Gasteiger partial charge in [-0.15, -0.1) is 11.3 Å². The number of hydrogen-bond donors (Lipinski definition) is 1. The zero-order chi connectivity index (χ0) is 16.2. The quantitative estimate of drug-likeness (QED) is 0.899. The third kappa shape index (κ3) is 3.68. The van der Waals surface area contributed by atoms with Crippen LogP contribution in [0.15, 0.2) is 24.5 Å². The first-order valence-corrected chi connectivity index (χ1v) is 8.64. The van der Waals surface area contributed by atoms with Gasteiger partial charge in [0.15, 0.2) is 11.5 Å². The second-order valence-electron chi connectivity index (χ2n) is 5.58. The smallest absolute Gasteiger partial charge is 0.271 e. The molecule has 122 valence electrons. The van der Waals surface area contributed by atoms with Crippen LogP contribution in [-0.2, 0) is 13.0 Å². The lowest BCUT2D eigenvalue weighted by Gasteiger charge is -2.35. The summed E-state index contributed by atoms with van der Waals surface area (Å²) in [7, 11) is 0. The summed E-state index contributed by atoms with van der Waals surface area (Å²) < 4.78 is 0. The molecule has 2 aromatic rings. The Balaban J connectivity index is 1.61. The van der Waals surface area contributed by atoms with Crippen LogP contribution in [0.5, 0.6) is 0 Å². The van der Waals surface area contributed by atoms with Gasteiger partial charge in [0, 0.05) is 54.9 Å². The average molecular weight is 331 g/mol. The fraction of sp³-hybridized carbons (Fsp3) is 0.438. The van der Waals surface area contributed by atoms with Gasteiger partial charge in [0.25, 0.3) is 5.91 Å². The molecule has 1 saturated heterocycles. The van der Waals surface area contributed by atoms with E-state index < -0.39 is 5.91 Å². The zero-order valence-electron chi connectivity index (χ0n) is 13.2. The van der Waals surface area contributed by atoms with Crippen molar-refractivity contribution in [2.45, 2.75) is 19.9 Å². The molecular weight excluding hydrogens is 310 g/mol. The number of primary amides is 1. The number of thiophene rings is 1. The maximum Gasteiger partial charge on any atom is 0.271 e. The summed E-state index contributed by atoms with van der Waals surface area (Å²) in [5.41, 5.74) is 5.65. The first-order chi connectivity index (χ1) is 11.2. The highest BCUT2D eigenvalue weighted by molar-refractivity contribution is 7.11. The second-order valence-corrected chi connectivity index (χ2v) is 6.83. The molecule has 2 aromatic heterocycles. The Morgan fingerprint density at radius 3 is 2.52 bits per heavy atom. The number of nitrogens with two attached hydrogens (primary N) is 1. The van der Waals surface area contributed by atoms with Crippen LogP contribution in [0.4, 0.5) is 5.82 Å². The van der Waals surface area contributed by atoms with Gasteiger partial charge in [0.05, 0.1) is 0 Å². The molecule has 6 nitrogen and oxygen atoms in total. The van der Waals surface area contributed by atoms with Crippen LogP contribution in [0.1, 0.15) is 27.2 Å². The summed E-state index contributed by atoms with van der Waals surface area (Å²) in [5.74, 6) is 0.0743. The van der Waals surface area contributed by atoms with Crippen molar-refractivity contribution in [2.24, 2.45) is 5.73 Å². The van der Waals surface area contributed by atoms with E-state index in [-0.39, 0.29) is 5.69 Å². The van der Waals surface area contributed by atoms with Crippen LogP contribution in [-0.4, -0.2) is 47.0 Å². The number of carbonyl (C=O) groups is 1. The van der Waals surface area contributed by atoms with Gasteiger partial charge in [-0.2, -0.15) is 0 Å². The highest BCUT2D eigenvalue weighted by atomic mass is 32.1. The molecule has 0 unspecified atom stereocenters. The molecule has 1 amide bonds. The van der Waals surface area contributed by atoms with E-state index in [2.05, 4.69) is 38.8 Å². The molecule has 7 heteroatoms. The van der Waals surface area contributed by atoms with Crippen molar-refractivity contribution < 1.29 is 4.79 Å². The zero-order valence-corrected chi connectivity index (χ0v) is 14.1. The van der Waals surface area contributed by atoms with Gasteiger partial charge < -0.3 is 10.6 Å². The Bertz CT molecular complexity index is 679. The fourth-order valence-electron chi connectivity index (χ4n) is 2.77. The molecule has 2 N–H and O–H groups in total. The first-order valence-electron chi connectivity index (χ1n) is 7.83. The summed E-state index contributed by atoms with van der Waals surface area (Å²) in [6, 6.07) is 4.44. The van der Waals surface area contributed by atoms with E-state index in [4.69, 9.17) is 5.73 Å². The number of carbonyl (C=O) groups excluding carboxylic acids is 1. The lowest BCUT2D eigenvalue weighted by Crippen LogP contribution is -2.46. The van der Waals surface area contributed by atoms with Crippen LogP contribution < -0.4 is 10.6 Å². The van der Waals surface area contributed by atoms with Crippen molar-refractivity contribution in [2.75, 3.05) is 31.1 Å². The minimum Gasteiger partial charge on any atom is -0.364 e. The molecule has 1 aliphatic heterocycles. The molecule has 3 rings (SSSR count). The van der Waals surface area contributed by atoms with E-state index in [1.807, 2.05) is 11.3 Å². The molecule has 0 spiro atoms. The average Bonchev–Trinajstić information content (AvgIpc) is 3.03. The Kier molecular flexibility index (Phi) is 4.88. The molecule has 1 fully saturated rings. The minimum absolute atomic E-state index is 0.256. The number of amides is 1. The molecule has 0 radical (unpaired) electrons. The van der Waals surface area contributed by atoms with Gasteiger partial charge in [0.2, 0.25) is 0 Å². The Morgan fingerprint density at radius 2 is 1.87 bits per heavy atom. The number of aromatic nitrogens is 2. The molecule has 23 heavy (non-hydrogen) atoms. The van der Waals surface area contributed by atoms with Crippen molar-refractivity contribution in [1.82, 2.24) is 14.9 Å². The van der Waals surface area contributed by atoms with Gasteiger partial charge in [-0.3, -0.25) is 9.69 Å². The monoisotopic (exact) mass is 331 g/mol. The number of hydrogen-bond acceptors (Lipinski definition) is 6. The van der Waals surface area contributed by atoms with E-state index in [9.17, 15) is 4.79 Å². The molecule has 0 saturated carbocycles. The summed E-state index contributed by atoms with van der Waals surface area (Å²) in [6.45, 7) is 6.70. The number of rotatable bonds is 5. The molecule has 0 atom stereocenters. The number of piperazine rings is 1. The van der Waals surface area contributed by atoms with E-state index >= 15 is 0 Å². The van der Waals surface area contributed by atoms with Crippen LogP contribution in [0.25, 0.3) is 0 Å². The standard InChI is InChI=1S/C16H21N5OS/c1-2-12-3-4-13(23-12)11-20-7-9-21(10-8-20)16-14(15(17)22)18-5-6-19-16/h3-6H,2,7-11H2,1H3,(H2,17,22). The maximum atomic E-state index is 11.5. The Morgan fingerprint density at radius 1 is 1.17 bits per heavy atom. The van der Waals surface area contributed by atoms with Gasteiger partial charge >= 0.3 is 0 Å². The van der Waals surface area contributed by atoms with Crippen LogP contribution in [0.2, 0.25) is 0 Å². The van der Waals surface area contributed by atoms with Crippen LogP contribution >= 0.6 is 11.3 Å². The molecule has 1 aliphatic rings. The lowest BCUT2D eigenvalue weighted by molar-refractivity contribution is 0.0995. The van der Waals surface area contributed by atoms with Crippen LogP contribution in [0.3, 0.4) is 0 Å². The van der Waals surface area contributed by atoms with Crippen molar-refractivity contribution in [3.63, 3.8) is 0 Å². The molecule has 0 bridgehead atoms. The van der Waals surface area contributed by atoms with Gasteiger partial charge in [-0.05, 0) is 18.6 Å². The summed E-state index contributed by atoms with van der Waals surface area (Å²) in [4.78, 5) is 27.2. The second kappa shape index (κ2) is 7.06. The van der Waals surface area contributed by atoms with Gasteiger partial charge in [-0.25, -0.2) is 9.97 Å². The molecule has 0 aliphatic carbocycles. The predicted molar refractivity (Wildman–Crippen MR) is 91.7 cm³/mol. The van der Waals surface area contributed by atoms with Crippen LogP contribution in [0, 0.1) is 0 Å². The van der Waals surface area contributed by atoms with E-state index in [0.717, 1.165) is 39.1 Å². The third-order valence-electron chi connectivity index (χ3n) is 4.03. The normalized spacial score (nSPS) is 15.8. The summed E-state index contributed by atoms with van der Waals surface area (Å²) >= 11 is 1.89. The highest BCUT2D eigenvalue weighted by Gasteiger charge is 2.22. The van der Waals surface area contributed by atoms with E-state index in [1.165, 1.54) is 16.0 Å². The summed E-state index contributed by atoms with van der Waals surface area (Å²) in [6.07, 6.45) is 4.20. The Hall–Kier alpha value is -1.99. The largest absolute Gasteiger partial charge is 0.364 e. The SMILES string of the molecule is CCc1ccc(CN2CCN(c3nccnc3C(N)=O)CC2)s1. The predicted octanol–water partition coefficient (Wildman–Crippen LogP) is 1.52. The maximum absolute atomic E-state index is 11.5. The number of aryl methyl sites for hydroxylation is 1.